The Morgan fingerprint density at radius 1 is 1.06 bits per heavy atom. The van der Waals surface area contributed by atoms with Crippen LogP contribution in [0.3, 0.4) is 0 Å². The fourth-order valence-corrected chi connectivity index (χ4v) is 4.18. The van der Waals surface area contributed by atoms with Gasteiger partial charge in [0, 0.05) is 24.6 Å². The third-order valence-corrected chi connectivity index (χ3v) is 5.82. The first-order chi connectivity index (χ1) is 15.4. The van der Waals surface area contributed by atoms with E-state index in [1.165, 1.54) is 29.2 Å². The van der Waals surface area contributed by atoms with Gasteiger partial charge in [-0.1, -0.05) is 43.2 Å². The van der Waals surface area contributed by atoms with Crippen LogP contribution in [0.25, 0.3) is 0 Å². The summed E-state index contributed by atoms with van der Waals surface area (Å²) in [5.41, 5.74) is 1.88. The Morgan fingerprint density at radius 2 is 1.72 bits per heavy atom. The van der Waals surface area contributed by atoms with E-state index in [9.17, 15) is 18.8 Å². The lowest BCUT2D eigenvalue weighted by Gasteiger charge is -2.33. The first-order valence-electron chi connectivity index (χ1n) is 11.0. The molecule has 1 unspecified atom stereocenters. The van der Waals surface area contributed by atoms with Crippen LogP contribution in [-0.4, -0.2) is 28.9 Å². The van der Waals surface area contributed by atoms with Crippen LogP contribution in [0.4, 0.5) is 10.1 Å². The van der Waals surface area contributed by atoms with Gasteiger partial charge in [0.1, 0.15) is 11.9 Å². The van der Waals surface area contributed by atoms with Crippen molar-refractivity contribution in [2.75, 3.05) is 4.90 Å². The van der Waals surface area contributed by atoms with Crippen molar-refractivity contribution in [2.24, 2.45) is 0 Å². The Morgan fingerprint density at radius 3 is 2.34 bits per heavy atom. The molecular weight excluding hydrogens is 411 g/mol. The van der Waals surface area contributed by atoms with Crippen molar-refractivity contribution in [3.8, 4) is 0 Å². The predicted octanol–water partition coefficient (Wildman–Crippen LogP) is 4.52. The molecule has 1 atom stereocenters. The number of nitrogens with one attached hydrogen (secondary N) is 1. The molecule has 7 heteroatoms. The van der Waals surface area contributed by atoms with Gasteiger partial charge in [0.25, 0.3) is 0 Å². The number of carboxylic acids is 1. The van der Waals surface area contributed by atoms with Crippen LogP contribution >= 0.6 is 0 Å². The minimum Gasteiger partial charge on any atom is -0.481 e. The van der Waals surface area contributed by atoms with Gasteiger partial charge >= 0.3 is 5.97 Å². The molecule has 2 aromatic rings. The highest BCUT2D eigenvalue weighted by Crippen LogP contribution is 2.32. The number of nitrogens with zero attached hydrogens (tertiary/aromatic N) is 1. The second-order valence-electron chi connectivity index (χ2n) is 8.24. The maximum atomic E-state index is 13.6. The van der Waals surface area contributed by atoms with E-state index in [4.69, 9.17) is 5.11 Å². The van der Waals surface area contributed by atoms with Gasteiger partial charge in [-0.05, 0) is 55.5 Å². The van der Waals surface area contributed by atoms with E-state index < -0.39 is 17.8 Å². The lowest BCUT2D eigenvalue weighted by molar-refractivity contribution is -0.137. The number of para-hydroxylation sites is 1. The van der Waals surface area contributed by atoms with Crippen molar-refractivity contribution in [1.82, 2.24) is 5.32 Å². The summed E-state index contributed by atoms with van der Waals surface area (Å²) in [5, 5.41) is 12.0. The van der Waals surface area contributed by atoms with Crippen LogP contribution in [0.1, 0.15) is 62.1 Å². The number of aliphatic carboxylic acids is 1. The summed E-state index contributed by atoms with van der Waals surface area (Å²) in [4.78, 5) is 39.3. The number of hydrogen-bond acceptors (Lipinski definition) is 3. The average Bonchev–Trinajstić information content (AvgIpc) is 3.26. The Kier molecular flexibility index (Phi) is 7.98. The molecule has 1 fully saturated rings. The van der Waals surface area contributed by atoms with E-state index in [1.807, 2.05) is 19.1 Å². The third-order valence-electron chi connectivity index (χ3n) is 5.82. The van der Waals surface area contributed by atoms with Gasteiger partial charge in [0.15, 0.2) is 0 Å². The summed E-state index contributed by atoms with van der Waals surface area (Å²) in [6, 6.07) is 11.9. The number of carboxylic acid groups (broad SMARTS) is 1. The number of carbonyl (C=O) groups is 3. The minimum atomic E-state index is -0.991. The predicted molar refractivity (Wildman–Crippen MR) is 120 cm³/mol. The van der Waals surface area contributed by atoms with Crippen LogP contribution < -0.4 is 10.2 Å². The van der Waals surface area contributed by atoms with Gasteiger partial charge < -0.3 is 10.4 Å². The molecule has 0 aromatic heterocycles. The molecule has 1 aliphatic carbocycles. The maximum Gasteiger partial charge on any atom is 0.303 e. The molecule has 0 radical (unpaired) electrons. The summed E-state index contributed by atoms with van der Waals surface area (Å²) in [6.07, 6.45) is 3.87. The highest BCUT2D eigenvalue weighted by Gasteiger charge is 2.34. The molecule has 0 aliphatic heterocycles. The Bertz CT molecular complexity index is 955. The molecule has 2 amide bonds. The van der Waals surface area contributed by atoms with Gasteiger partial charge in [-0.2, -0.15) is 0 Å². The summed E-state index contributed by atoms with van der Waals surface area (Å²) in [6.45, 7) is 1.85. The molecule has 32 heavy (non-hydrogen) atoms. The second-order valence-corrected chi connectivity index (χ2v) is 8.24. The fraction of sp³-hybridized carbons (Fsp3) is 0.400. The smallest absolute Gasteiger partial charge is 0.303 e. The lowest BCUT2D eigenvalue weighted by atomic mass is 10.00. The number of hydrogen-bond donors (Lipinski definition) is 2. The van der Waals surface area contributed by atoms with Gasteiger partial charge in [0.2, 0.25) is 11.8 Å². The van der Waals surface area contributed by atoms with Crippen molar-refractivity contribution in [2.45, 2.75) is 64.0 Å². The van der Waals surface area contributed by atoms with E-state index in [0.29, 0.717) is 11.3 Å². The first kappa shape index (κ1) is 23.4. The fourth-order valence-electron chi connectivity index (χ4n) is 4.18. The van der Waals surface area contributed by atoms with Crippen LogP contribution in [0.2, 0.25) is 0 Å². The topological polar surface area (TPSA) is 86.7 Å². The summed E-state index contributed by atoms with van der Waals surface area (Å²) >= 11 is 0. The van der Waals surface area contributed by atoms with Gasteiger partial charge in [0.05, 0.1) is 0 Å². The van der Waals surface area contributed by atoms with Crippen molar-refractivity contribution in [1.29, 1.82) is 0 Å². The van der Waals surface area contributed by atoms with Crippen molar-refractivity contribution < 1.29 is 23.9 Å². The molecule has 6 nitrogen and oxygen atoms in total. The maximum absolute atomic E-state index is 13.6. The first-order valence-corrected chi connectivity index (χ1v) is 11.0. The van der Waals surface area contributed by atoms with Gasteiger partial charge in [-0.3, -0.25) is 19.3 Å². The number of anilines is 1. The summed E-state index contributed by atoms with van der Waals surface area (Å²) in [5.74, 6) is -2.08. The molecule has 1 aliphatic rings. The number of aryl methyl sites for hydroxylation is 1. The van der Waals surface area contributed by atoms with Crippen molar-refractivity contribution in [3.63, 3.8) is 0 Å². The van der Waals surface area contributed by atoms with Gasteiger partial charge in [-0.25, -0.2) is 4.39 Å². The van der Waals surface area contributed by atoms with Crippen molar-refractivity contribution in [3.05, 3.63) is 65.5 Å². The zero-order chi connectivity index (χ0) is 23.1. The van der Waals surface area contributed by atoms with Gasteiger partial charge in [-0.15, -0.1) is 0 Å². The van der Waals surface area contributed by atoms with E-state index >= 15 is 0 Å². The molecule has 2 N–H and O–H groups in total. The molecular formula is C25H29FN2O4. The van der Waals surface area contributed by atoms with E-state index in [2.05, 4.69) is 5.32 Å². The molecule has 1 saturated carbocycles. The molecule has 3 rings (SSSR count). The van der Waals surface area contributed by atoms with E-state index in [0.717, 1.165) is 31.2 Å². The molecule has 2 aromatic carbocycles. The highest BCUT2D eigenvalue weighted by molar-refractivity contribution is 6.02. The largest absolute Gasteiger partial charge is 0.481 e. The number of halogens is 1. The van der Waals surface area contributed by atoms with E-state index in [1.54, 1.807) is 12.1 Å². The minimum absolute atomic E-state index is 0.0188. The quantitative estimate of drug-likeness (QED) is 0.600. The standard InChI is InChI=1S/C25H29FN2O4/c1-17-7-2-5-10-21(17)28(22(29)11-6-12-23(30)31)24(18-13-15-19(26)16-14-18)25(32)27-20-8-3-4-9-20/h2,5,7,10,13-16,20,24H,3-4,6,8-9,11-12H2,1H3,(H,27,32)(H,30,31). The third kappa shape index (κ3) is 5.93. The molecule has 0 spiro atoms. The zero-order valence-corrected chi connectivity index (χ0v) is 18.2. The Balaban J connectivity index is 2.01. The average molecular weight is 441 g/mol. The number of benzene rings is 2. The van der Waals surface area contributed by atoms with Crippen LogP contribution in [-0.2, 0) is 14.4 Å². The lowest BCUT2D eigenvalue weighted by Crippen LogP contribution is -2.46. The SMILES string of the molecule is Cc1ccccc1N(C(=O)CCCC(=O)O)C(C(=O)NC1CCCC1)c1ccc(F)cc1. The Labute approximate surface area is 187 Å². The van der Waals surface area contributed by atoms with Crippen molar-refractivity contribution >= 4 is 23.5 Å². The second kappa shape index (κ2) is 10.9. The summed E-state index contributed by atoms with van der Waals surface area (Å²) < 4.78 is 13.6. The normalized spacial score (nSPS) is 14.7. The number of carbonyl (C=O) groups excluding carboxylic acids is 2. The molecule has 170 valence electrons. The van der Waals surface area contributed by atoms with Crippen LogP contribution in [0.5, 0.6) is 0 Å². The monoisotopic (exact) mass is 440 g/mol. The molecule has 0 bridgehead atoms. The van der Waals surface area contributed by atoms with E-state index in [-0.39, 0.29) is 37.1 Å². The number of amides is 2. The molecule has 0 saturated heterocycles. The summed E-state index contributed by atoms with van der Waals surface area (Å²) in [7, 11) is 0. The molecule has 0 heterocycles. The number of rotatable bonds is 9. The van der Waals surface area contributed by atoms with Crippen LogP contribution in [0.15, 0.2) is 48.5 Å². The highest BCUT2D eigenvalue weighted by atomic mass is 19.1. The van der Waals surface area contributed by atoms with Crippen LogP contribution in [0, 0.1) is 12.7 Å². The Hall–Kier alpha value is -3.22. The zero-order valence-electron chi connectivity index (χ0n) is 18.2.